The van der Waals surface area contributed by atoms with E-state index in [0.29, 0.717) is 0 Å². The predicted octanol–water partition coefficient (Wildman–Crippen LogP) is 0.150. The third-order valence-corrected chi connectivity index (χ3v) is 2.25. The second-order valence-corrected chi connectivity index (χ2v) is 3.63. The van der Waals surface area contributed by atoms with Crippen molar-refractivity contribution in [2.75, 3.05) is 12.3 Å². The van der Waals surface area contributed by atoms with E-state index >= 15 is 0 Å². The molecule has 1 rings (SSSR count). The van der Waals surface area contributed by atoms with Crippen molar-refractivity contribution < 1.29 is 24.1 Å². The topological polar surface area (TPSA) is 106 Å². The van der Waals surface area contributed by atoms with Gasteiger partial charge in [-0.1, -0.05) is 0 Å². The predicted molar refractivity (Wildman–Crippen MR) is 60.8 cm³/mol. The highest BCUT2D eigenvalue weighted by Gasteiger charge is 2.25. The number of esters is 1. The number of carbonyl (C=O) groups excluding carboxylic acids is 1. The number of halogens is 1. The molecule has 0 aliphatic rings. The summed E-state index contributed by atoms with van der Waals surface area (Å²) in [4.78, 5) is 14.5. The number of pyridine rings is 1. The molecular weight excluding hydrogens is 243 g/mol. The number of nitrogens with two attached hydrogens (primary N) is 1. The van der Waals surface area contributed by atoms with Gasteiger partial charge in [0.25, 0.3) is 0 Å². The zero-order chi connectivity index (χ0) is 13.7. The normalized spacial score (nSPS) is 14.0. The van der Waals surface area contributed by atoms with Gasteiger partial charge in [-0.2, -0.15) is 4.39 Å². The second-order valence-electron chi connectivity index (χ2n) is 3.63. The third kappa shape index (κ3) is 3.64. The van der Waals surface area contributed by atoms with Crippen molar-refractivity contribution in [2.24, 2.45) is 0 Å². The molecule has 0 amide bonds. The summed E-state index contributed by atoms with van der Waals surface area (Å²) in [6, 6.07) is 2.25. The smallest absolute Gasteiger partial charge is 0.308 e. The van der Waals surface area contributed by atoms with Gasteiger partial charge in [0, 0.05) is 0 Å². The summed E-state index contributed by atoms with van der Waals surface area (Å²) in [5.41, 5.74) is 5.33. The molecule has 4 N–H and O–H groups in total. The number of nitrogens with zero attached hydrogens (tertiary/aromatic N) is 1. The van der Waals surface area contributed by atoms with Crippen LogP contribution in [0.1, 0.15) is 25.1 Å². The van der Waals surface area contributed by atoms with Crippen LogP contribution in [-0.4, -0.2) is 33.9 Å². The lowest BCUT2D eigenvalue weighted by molar-refractivity contribution is -0.147. The first-order valence-corrected chi connectivity index (χ1v) is 5.39. The van der Waals surface area contributed by atoms with E-state index < -0.39 is 30.5 Å². The van der Waals surface area contributed by atoms with E-state index in [1.807, 2.05) is 0 Å². The molecule has 7 heteroatoms. The summed E-state index contributed by atoms with van der Waals surface area (Å²) in [5, 5.41) is 19.4. The SMILES string of the molecule is CCOC(=O)CC(O)C(O)c1nc(F)ccc1N. The van der Waals surface area contributed by atoms with Gasteiger partial charge in [-0.05, 0) is 19.1 Å². The summed E-state index contributed by atoms with van der Waals surface area (Å²) < 4.78 is 17.5. The van der Waals surface area contributed by atoms with Gasteiger partial charge < -0.3 is 20.7 Å². The number of ether oxygens (including phenoxy) is 1. The average molecular weight is 258 g/mol. The molecule has 1 aromatic rings. The number of nitrogen functional groups attached to an aromatic ring is 1. The van der Waals surface area contributed by atoms with Crippen LogP contribution in [0.25, 0.3) is 0 Å². The van der Waals surface area contributed by atoms with E-state index in [9.17, 15) is 19.4 Å². The highest BCUT2D eigenvalue weighted by molar-refractivity contribution is 5.70. The molecule has 0 saturated carbocycles. The number of aromatic nitrogens is 1. The Hall–Kier alpha value is -1.73. The van der Waals surface area contributed by atoms with Gasteiger partial charge in [0.2, 0.25) is 5.95 Å². The van der Waals surface area contributed by atoms with Crippen LogP contribution >= 0.6 is 0 Å². The lowest BCUT2D eigenvalue weighted by atomic mass is 10.1. The fourth-order valence-corrected chi connectivity index (χ4v) is 1.38. The maximum Gasteiger partial charge on any atom is 0.308 e. The van der Waals surface area contributed by atoms with E-state index in [-0.39, 0.29) is 18.0 Å². The number of aliphatic hydroxyl groups is 2. The van der Waals surface area contributed by atoms with Gasteiger partial charge in [0.05, 0.1) is 30.5 Å². The Balaban J connectivity index is 2.76. The van der Waals surface area contributed by atoms with Gasteiger partial charge >= 0.3 is 5.97 Å². The maximum absolute atomic E-state index is 12.9. The van der Waals surface area contributed by atoms with Crippen LogP contribution in [0.3, 0.4) is 0 Å². The largest absolute Gasteiger partial charge is 0.466 e. The number of rotatable bonds is 5. The molecule has 1 heterocycles. The summed E-state index contributed by atoms with van der Waals surface area (Å²) in [6.45, 7) is 1.79. The van der Waals surface area contributed by atoms with Crippen LogP contribution < -0.4 is 5.73 Å². The van der Waals surface area contributed by atoms with E-state index in [1.54, 1.807) is 6.92 Å². The Morgan fingerprint density at radius 1 is 1.56 bits per heavy atom. The lowest BCUT2D eigenvalue weighted by Crippen LogP contribution is -2.24. The highest BCUT2D eigenvalue weighted by Crippen LogP contribution is 2.23. The van der Waals surface area contributed by atoms with Crippen LogP contribution in [0, 0.1) is 5.95 Å². The van der Waals surface area contributed by atoms with Crippen molar-refractivity contribution in [3.63, 3.8) is 0 Å². The molecule has 0 aromatic carbocycles. The highest BCUT2D eigenvalue weighted by atomic mass is 19.1. The molecule has 100 valence electrons. The zero-order valence-corrected chi connectivity index (χ0v) is 9.84. The molecule has 0 aliphatic carbocycles. The molecule has 0 bridgehead atoms. The van der Waals surface area contributed by atoms with Crippen molar-refractivity contribution in [1.82, 2.24) is 4.98 Å². The molecule has 18 heavy (non-hydrogen) atoms. The molecule has 2 unspecified atom stereocenters. The minimum atomic E-state index is -1.55. The van der Waals surface area contributed by atoms with Crippen molar-refractivity contribution >= 4 is 11.7 Å². The number of hydrogen-bond donors (Lipinski definition) is 3. The summed E-state index contributed by atoms with van der Waals surface area (Å²) in [7, 11) is 0. The fraction of sp³-hybridized carbons (Fsp3) is 0.455. The Morgan fingerprint density at radius 3 is 2.83 bits per heavy atom. The fourth-order valence-electron chi connectivity index (χ4n) is 1.38. The number of hydrogen-bond acceptors (Lipinski definition) is 6. The van der Waals surface area contributed by atoms with Crippen LogP contribution in [-0.2, 0) is 9.53 Å². The average Bonchev–Trinajstić information content (AvgIpc) is 2.31. The van der Waals surface area contributed by atoms with Gasteiger partial charge in [-0.15, -0.1) is 0 Å². The molecule has 0 radical (unpaired) electrons. The second kappa shape index (κ2) is 6.27. The third-order valence-electron chi connectivity index (χ3n) is 2.25. The number of anilines is 1. The van der Waals surface area contributed by atoms with E-state index in [1.165, 1.54) is 6.07 Å². The molecule has 0 aliphatic heterocycles. The van der Waals surface area contributed by atoms with Crippen LogP contribution in [0.15, 0.2) is 12.1 Å². The quantitative estimate of drug-likeness (QED) is 0.513. The standard InChI is InChI=1S/C11H15FN2O4/c1-2-18-9(16)5-7(15)11(17)10-6(13)3-4-8(12)14-10/h3-4,7,11,15,17H,2,5,13H2,1H3. The Morgan fingerprint density at radius 2 is 2.22 bits per heavy atom. The van der Waals surface area contributed by atoms with Crippen LogP contribution in [0.4, 0.5) is 10.1 Å². The Labute approximate surface area is 103 Å². The van der Waals surface area contributed by atoms with E-state index in [2.05, 4.69) is 9.72 Å². The minimum absolute atomic E-state index is 0.0341. The Bertz CT molecular complexity index is 428. The van der Waals surface area contributed by atoms with Crippen LogP contribution in [0.5, 0.6) is 0 Å². The molecule has 1 aromatic heterocycles. The summed E-state index contributed by atoms with van der Waals surface area (Å²) in [6.07, 6.45) is -3.43. The Kier molecular flexibility index (Phi) is 4.99. The van der Waals surface area contributed by atoms with Crippen molar-refractivity contribution in [3.8, 4) is 0 Å². The van der Waals surface area contributed by atoms with Crippen LogP contribution in [0.2, 0.25) is 0 Å². The first kappa shape index (κ1) is 14.3. The molecular formula is C11H15FN2O4. The molecule has 0 saturated heterocycles. The summed E-state index contributed by atoms with van der Waals surface area (Å²) >= 11 is 0. The first-order chi connectivity index (χ1) is 8.45. The summed E-state index contributed by atoms with van der Waals surface area (Å²) in [5.74, 6) is -1.50. The van der Waals surface area contributed by atoms with Gasteiger partial charge in [0.15, 0.2) is 0 Å². The molecule has 0 spiro atoms. The van der Waals surface area contributed by atoms with E-state index in [4.69, 9.17) is 5.73 Å². The number of aliphatic hydroxyl groups excluding tert-OH is 2. The monoisotopic (exact) mass is 258 g/mol. The lowest BCUT2D eigenvalue weighted by Gasteiger charge is -2.17. The van der Waals surface area contributed by atoms with Crippen molar-refractivity contribution in [1.29, 1.82) is 0 Å². The van der Waals surface area contributed by atoms with Gasteiger partial charge in [0.1, 0.15) is 6.10 Å². The molecule has 2 atom stereocenters. The van der Waals surface area contributed by atoms with Crippen molar-refractivity contribution in [3.05, 3.63) is 23.8 Å². The number of carbonyl (C=O) groups is 1. The zero-order valence-electron chi connectivity index (χ0n) is 9.84. The first-order valence-electron chi connectivity index (χ1n) is 5.39. The van der Waals surface area contributed by atoms with E-state index in [0.717, 1.165) is 6.07 Å². The molecule has 0 fully saturated rings. The van der Waals surface area contributed by atoms with Gasteiger partial charge in [-0.3, -0.25) is 4.79 Å². The van der Waals surface area contributed by atoms with Crippen molar-refractivity contribution in [2.45, 2.75) is 25.6 Å². The maximum atomic E-state index is 12.9. The van der Waals surface area contributed by atoms with Gasteiger partial charge in [-0.25, -0.2) is 4.98 Å². The molecule has 6 nitrogen and oxygen atoms in total. The minimum Gasteiger partial charge on any atom is -0.466 e.